The highest BCUT2D eigenvalue weighted by Gasteiger charge is 2.16. The van der Waals surface area contributed by atoms with Crippen molar-refractivity contribution in [3.8, 4) is 5.75 Å². The van der Waals surface area contributed by atoms with E-state index in [4.69, 9.17) is 9.47 Å². The van der Waals surface area contributed by atoms with Crippen molar-refractivity contribution < 1.29 is 14.3 Å². The minimum absolute atomic E-state index is 0.111. The van der Waals surface area contributed by atoms with Gasteiger partial charge >= 0.3 is 0 Å². The van der Waals surface area contributed by atoms with E-state index in [2.05, 4.69) is 22.0 Å². The van der Waals surface area contributed by atoms with Crippen LogP contribution in [-0.4, -0.2) is 36.9 Å². The van der Waals surface area contributed by atoms with E-state index < -0.39 is 0 Å². The molecular formula is C19H25N3O3. The fourth-order valence-corrected chi connectivity index (χ4v) is 2.47. The molecule has 0 aromatic carbocycles. The third-order valence-corrected chi connectivity index (χ3v) is 3.73. The van der Waals surface area contributed by atoms with Gasteiger partial charge in [0.25, 0.3) is 5.91 Å². The zero-order valence-corrected chi connectivity index (χ0v) is 14.8. The van der Waals surface area contributed by atoms with Gasteiger partial charge in [0.2, 0.25) is 0 Å². The van der Waals surface area contributed by atoms with Gasteiger partial charge in [0, 0.05) is 24.4 Å². The largest absolute Gasteiger partial charge is 0.491 e. The number of carbonyl (C=O) groups excluding carboxylic acids is 1. The van der Waals surface area contributed by atoms with Gasteiger partial charge in [0.15, 0.2) is 0 Å². The molecule has 25 heavy (non-hydrogen) atoms. The van der Waals surface area contributed by atoms with Gasteiger partial charge in [0.05, 0.1) is 6.10 Å². The van der Waals surface area contributed by atoms with Crippen LogP contribution in [0.5, 0.6) is 5.75 Å². The summed E-state index contributed by atoms with van der Waals surface area (Å²) in [5.74, 6) is 0.618. The highest BCUT2D eigenvalue weighted by molar-refractivity contribution is 5.93. The molecule has 0 saturated carbocycles. The standard InChI is InChI=1S/C19H25N3O3/c1-4-5-9-18(20-3)22-19(23)17-12-16(11-14(2)21-17)25-13-15-8-6-7-10-24-15/h4-5,9,11-12,15H,3,6-8,10,13H2,1-2H3,(H,22,23)/b5-4-,18-9+. The van der Waals surface area contributed by atoms with Crippen molar-refractivity contribution in [2.75, 3.05) is 13.2 Å². The molecule has 0 aliphatic carbocycles. The lowest BCUT2D eigenvalue weighted by Crippen LogP contribution is -2.26. The van der Waals surface area contributed by atoms with E-state index in [0.29, 0.717) is 23.9 Å². The normalized spacial score (nSPS) is 18.2. The monoisotopic (exact) mass is 343 g/mol. The predicted molar refractivity (Wildman–Crippen MR) is 98.0 cm³/mol. The van der Waals surface area contributed by atoms with E-state index in [9.17, 15) is 4.79 Å². The first kappa shape index (κ1) is 18.9. The highest BCUT2D eigenvalue weighted by atomic mass is 16.5. The number of nitrogens with one attached hydrogen (secondary N) is 1. The van der Waals surface area contributed by atoms with Gasteiger partial charge in [-0.1, -0.05) is 12.2 Å². The van der Waals surface area contributed by atoms with E-state index >= 15 is 0 Å². The van der Waals surface area contributed by atoms with Crippen molar-refractivity contribution in [1.29, 1.82) is 0 Å². The quantitative estimate of drug-likeness (QED) is 0.609. The van der Waals surface area contributed by atoms with Crippen LogP contribution in [0.3, 0.4) is 0 Å². The van der Waals surface area contributed by atoms with Gasteiger partial charge in [-0.3, -0.25) is 4.79 Å². The number of ether oxygens (including phenoxy) is 2. The minimum atomic E-state index is -0.356. The predicted octanol–water partition coefficient (Wildman–Crippen LogP) is 3.19. The lowest BCUT2D eigenvalue weighted by Gasteiger charge is -2.22. The van der Waals surface area contributed by atoms with Crippen molar-refractivity contribution in [2.45, 2.75) is 39.2 Å². The summed E-state index contributed by atoms with van der Waals surface area (Å²) in [5.41, 5.74) is 0.979. The third-order valence-electron chi connectivity index (χ3n) is 3.73. The summed E-state index contributed by atoms with van der Waals surface area (Å²) >= 11 is 0. The Morgan fingerprint density at radius 2 is 2.36 bits per heavy atom. The number of allylic oxidation sites excluding steroid dienone is 3. The van der Waals surface area contributed by atoms with Crippen LogP contribution >= 0.6 is 0 Å². The Balaban J connectivity index is 2.03. The van der Waals surface area contributed by atoms with E-state index in [0.717, 1.165) is 25.9 Å². The summed E-state index contributed by atoms with van der Waals surface area (Å²) in [4.78, 5) is 20.4. The molecule has 0 bridgehead atoms. The van der Waals surface area contributed by atoms with Gasteiger partial charge < -0.3 is 14.8 Å². The molecule has 1 aliphatic heterocycles. The van der Waals surface area contributed by atoms with Crippen LogP contribution in [0, 0.1) is 6.92 Å². The molecule has 1 N–H and O–H groups in total. The number of aromatic nitrogens is 1. The van der Waals surface area contributed by atoms with Crippen LogP contribution in [0.4, 0.5) is 0 Å². The summed E-state index contributed by atoms with van der Waals surface area (Å²) in [6, 6.07) is 3.43. The Bertz CT molecular complexity index is 662. The molecule has 1 aromatic heterocycles. The van der Waals surface area contributed by atoms with Gasteiger partial charge in [-0.15, -0.1) is 0 Å². The molecule has 2 heterocycles. The lowest BCUT2D eigenvalue weighted by atomic mass is 10.1. The molecule has 1 aromatic rings. The number of hydrogen-bond acceptors (Lipinski definition) is 5. The fourth-order valence-electron chi connectivity index (χ4n) is 2.47. The summed E-state index contributed by atoms with van der Waals surface area (Å²) in [6.07, 6.45) is 8.65. The molecular weight excluding hydrogens is 318 g/mol. The van der Waals surface area contributed by atoms with Crippen molar-refractivity contribution in [1.82, 2.24) is 10.3 Å². The van der Waals surface area contributed by atoms with E-state index in [1.54, 1.807) is 18.2 Å². The average Bonchev–Trinajstić information content (AvgIpc) is 2.63. The van der Waals surface area contributed by atoms with Gasteiger partial charge in [-0.05, 0) is 45.9 Å². The summed E-state index contributed by atoms with van der Waals surface area (Å²) in [5, 5.41) is 2.68. The molecule has 1 unspecified atom stereocenters. The van der Waals surface area contributed by atoms with E-state index in [1.807, 2.05) is 26.0 Å². The Kier molecular flexibility index (Phi) is 7.35. The van der Waals surface area contributed by atoms with Crippen LogP contribution in [0.2, 0.25) is 0 Å². The van der Waals surface area contributed by atoms with Crippen molar-refractivity contribution >= 4 is 12.6 Å². The molecule has 1 atom stereocenters. The first-order chi connectivity index (χ1) is 12.1. The molecule has 1 aliphatic rings. The van der Waals surface area contributed by atoms with Crippen LogP contribution in [0.25, 0.3) is 0 Å². The fraction of sp³-hybridized carbons (Fsp3) is 0.421. The van der Waals surface area contributed by atoms with Gasteiger partial charge in [-0.25, -0.2) is 9.98 Å². The maximum atomic E-state index is 12.4. The summed E-state index contributed by atoms with van der Waals surface area (Å²) in [7, 11) is 0. The number of carbonyl (C=O) groups is 1. The number of pyridine rings is 1. The Morgan fingerprint density at radius 3 is 3.04 bits per heavy atom. The van der Waals surface area contributed by atoms with Gasteiger partial charge in [-0.2, -0.15) is 0 Å². The zero-order chi connectivity index (χ0) is 18.1. The van der Waals surface area contributed by atoms with E-state index in [-0.39, 0.29) is 17.7 Å². The van der Waals surface area contributed by atoms with Gasteiger partial charge in [0.1, 0.15) is 23.9 Å². The van der Waals surface area contributed by atoms with Crippen LogP contribution in [0.1, 0.15) is 42.4 Å². The number of nitrogens with zero attached hydrogens (tertiary/aromatic N) is 2. The third kappa shape index (κ3) is 6.15. The summed E-state index contributed by atoms with van der Waals surface area (Å²) < 4.78 is 11.5. The minimum Gasteiger partial charge on any atom is -0.491 e. The zero-order valence-electron chi connectivity index (χ0n) is 14.8. The topological polar surface area (TPSA) is 72.8 Å². The van der Waals surface area contributed by atoms with Crippen molar-refractivity contribution in [3.63, 3.8) is 0 Å². The van der Waals surface area contributed by atoms with Crippen molar-refractivity contribution in [3.05, 3.63) is 47.6 Å². The number of aliphatic imine (C=N–C) groups is 1. The lowest BCUT2D eigenvalue weighted by molar-refractivity contribution is -0.0111. The number of hydrogen-bond donors (Lipinski definition) is 1. The average molecular weight is 343 g/mol. The van der Waals surface area contributed by atoms with Crippen LogP contribution < -0.4 is 10.1 Å². The first-order valence-corrected chi connectivity index (χ1v) is 8.46. The smallest absolute Gasteiger partial charge is 0.275 e. The Labute approximate surface area is 148 Å². The number of aryl methyl sites for hydroxylation is 1. The second-order valence-electron chi connectivity index (χ2n) is 5.82. The highest BCUT2D eigenvalue weighted by Crippen LogP contribution is 2.18. The molecule has 0 spiro atoms. The van der Waals surface area contributed by atoms with Crippen LogP contribution in [0.15, 0.2) is 41.2 Å². The molecule has 1 amide bonds. The second-order valence-corrected chi connectivity index (χ2v) is 5.82. The molecule has 1 saturated heterocycles. The number of amides is 1. The first-order valence-electron chi connectivity index (χ1n) is 8.46. The van der Waals surface area contributed by atoms with Crippen LogP contribution in [-0.2, 0) is 4.74 Å². The Hall–Kier alpha value is -2.47. The molecule has 0 radical (unpaired) electrons. The molecule has 1 fully saturated rings. The van der Waals surface area contributed by atoms with E-state index in [1.165, 1.54) is 0 Å². The number of rotatable bonds is 7. The molecule has 2 rings (SSSR count). The molecule has 6 heteroatoms. The Morgan fingerprint density at radius 1 is 1.52 bits per heavy atom. The summed E-state index contributed by atoms with van der Waals surface area (Å²) in [6.45, 7) is 8.41. The molecule has 134 valence electrons. The molecule has 6 nitrogen and oxygen atoms in total. The maximum Gasteiger partial charge on any atom is 0.275 e. The van der Waals surface area contributed by atoms with Crippen molar-refractivity contribution in [2.24, 2.45) is 4.99 Å². The maximum absolute atomic E-state index is 12.4. The SMILES string of the molecule is C=N/C(=C\C=C/C)NC(=O)c1cc(OCC2CCCCO2)cc(C)n1. The second kappa shape index (κ2) is 9.74.